The number of hydrogen-bond acceptors (Lipinski definition) is 4. The lowest BCUT2D eigenvalue weighted by Crippen LogP contribution is -2.41. The molecule has 7 nitrogen and oxygen atoms in total. The summed E-state index contributed by atoms with van der Waals surface area (Å²) in [4.78, 5) is 35.8. The van der Waals surface area contributed by atoms with Crippen LogP contribution in [0.25, 0.3) is 11.1 Å². The van der Waals surface area contributed by atoms with Crippen LogP contribution in [-0.2, 0) is 14.3 Å². The highest BCUT2D eigenvalue weighted by molar-refractivity contribution is 5.86. The molecule has 2 aromatic carbocycles. The van der Waals surface area contributed by atoms with E-state index in [1.165, 1.54) is 13.0 Å². The first-order valence-electron chi connectivity index (χ1n) is 11.1. The number of carbonyl (C=O) groups is 3. The molecule has 1 aliphatic rings. The second-order valence-electron chi connectivity index (χ2n) is 8.49. The van der Waals surface area contributed by atoms with Crippen molar-refractivity contribution >= 4 is 18.0 Å². The largest absolute Gasteiger partial charge is 0.478 e. The minimum Gasteiger partial charge on any atom is -0.478 e. The van der Waals surface area contributed by atoms with E-state index in [4.69, 9.17) is 9.84 Å². The lowest BCUT2D eigenvalue weighted by Gasteiger charge is -2.21. The number of rotatable bonds is 9. The van der Waals surface area contributed by atoms with Crippen molar-refractivity contribution in [2.24, 2.45) is 11.8 Å². The molecule has 0 aromatic heterocycles. The molecule has 1 atom stereocenters. The number of hydrogen-bond donors (Lipinski definition) is 3. The molecule has 1 aliphatic carbocycles. The molecule has 0 saturated carbocycles. The number of carboxylic acid groups (broad SMARTS) is 1. The molecule has 3 rings (SSSR count). The van der Waals surface area contributed by atoms with E-state index in [-0.39, 0.29) is 43.0 Å². The Morgan fingerprint density at radius 1 is 1.00 bits per heavy atom. The molecule has 33 heavy (non-hydrogen) atoms. The van der Waals surface area contributed by atoms with Crippen molar-refractivity contribution in [3.8, 4) is 11.1 Å². The van der Waals surface area contributed by atoms with Gasteiger partial charge in [0.2, 0.25) is 5.91 Å². The van der Waals surface area contributed by atoms with Gasteiger partial charge < -0.3 is 20.5 Å². The third-order valence-electron chi connectivity index (χ3n) is 5.97. The van der Waals surface area contributed by atoms with E-state index in [0.29, 0.717) is 0 Å². The molecular formula is C26H30N2O5. The minimum atomic E-state index is -1.03. The average molecular weight is 451 g/mol. The first-order valence-corrected chi connectivity index (χ1v) is 11.1. The van der Waals surface area contributed by atoms with Gasteiger partial charge in [-0.15, -0.1) is 0 Å². The molecule has 0 radical (unpaired) electrons. The monoisotopic (exact) mass is 450 g/mol. The van der Waals surface area contributed by atoms with Gasteiger partial charge in [-0.05, 0) is 35.1 Å². The smallest absolute Gasteiger partial charge is 0.407 e. The summed E-state index contributed by atoms with van der Waals surface area (Å²) in [7, 11) is 0. The maximum Gasteiger partial charge on any atom is 0.407 e. The number of alkyl carbamates (subject to hydrolysis) is 1. The fourth-order valence-corrected chi connectivity index (χ4v) is 4.00. The maximum atomic E-state index is 12.5. The zero-order valence-electron chi connectivity index (χ0n) is 19.1. The first kappa shape index (κ1) is 24.0. The van der Waals surface area contributed by atoms with E-state index < -0.39 is 18.0 Å². The van der Waals surface area contributed by atoms with Crippen molar-refractivity contribution in [1.82, 2.24) is 10.6 Å². The molecule has 0 bridgehead atoms. The normalized spacial score (nSPS) is 13.8. The number of ether oxygens (including phenoxy) is 1. The van der Waals surface area contributed by atoms with Gasteiger partial charge >= 0.3 is 12.1 Å². The molecule has 174 valence electrons. The predicted molar refractivity (Wildman–Crippen MR) is 126 cm³/mol. The third-order valence-corrected chi connectivity index (χ3v) is 5.97. The van der Waals surface area contributed by atoms with Gasteiger partial charge in [-0.25, -0.2) is 9.59 Å². The minimum absolute atomic E-state index is 0.0246. The number of amides is 2. The predicted octanol–water partition coefficient (Wildman–Crippen LogP) is 3.94. The zero-order valence-corrected chi connectivity index (χ0v) is 19.1. The van der Waals surface area contributed by atoms with Crippen LogP contribution in [0.5, 0.6) is 0 Å². The van der Waals surface area contributed by atoms with Gasteiger partial charge in [0.05, 0.1) is 5.92 Å². The van der Waals surface area contributed by atoms with Crippen molar-refractivity contribution < 1.29 is 24.2 Å². The number of nitrogens with one attached hydrogen (secondary N) is 2. The summed E-state index contributed by atoms with van der Waals surface area (Å²) in [5.41, 5.74) is 4.75. The molecule has 2 aromatic rings. The lowest BCUT2D eigenvalue weighted by atomic mass is 9.95. The van der Waals surface area contributed by atoms with Gasteiger partial charge in [-0.3, -0.25) is 4.79 Å². The number of fused-ring (bicyclic) bond motifs is 3. The molecule has 0 aliphatic heterocycles. The second-order valence-corrected chi connectivity index (χ2v) is 8.49. The number of benzene rings is 2. The van der Waals surface area contributed by atoms with E-state index >= 15 is 0 Å². The van der Waals surface area contributed by atoms with E-state index in [0.717, 1.165) is 22.3 Å². The summed E-state index contributed by atoms with van der Waals surface area (Å²) in [6.07, 6.45) is 0.869. The Labute approximate surface area is 193 Å². The van der Waals surface area contributed by atoms with E-state index in [1.54, 1.807) is 0 Å². The van der Waals surface area contributed by atoms with Gasteiger partial charge in [0.15, 0.2) is 0 Å². The standard InChI is InChI=1S/C26H30N2O5/c1-16(2)22(24(29)27-13-12-17(3)25(30)31)14-28-26(32)33-15-23-20-10-6-4-8-18(20)19-9-5-7-11-21(19)23/h4-12,16,22-23H,13-15H2,1-3H3,(H,27,29)(H,28,32)(H,30,31)/b17-12+. The van der Waals surface area contributed by atoms with Crippen LogP contribution in [-0.4, -0.2) is 42.8 Å². The summed E-state index contributed by atoms with van der Waals surface area (Å²) < 4.78 is 5.53. The van der Waals surface area contributed by atoms with Crippen molar-refractivity contribution in [2.45, 2.75) is 26.7 Å². The highest BCUT2D eigenvalue weighted by Crippen LogP contribution is 2.44. The Hall–Kier alpha value is -3.61. The number of carbonyl (C=O) groups excluding carboxylic acids is 2. The molecule has 0 fully saturated rings. The molecule has 0 spiro atoms. The van der Waals surface area contributed by atoms with Gasteiger partial charge in [0.1, 0.15) is 6.61 Å². The van der Waals surface area contributed by atoms with Crippen LogP contribution in [0, 0.1) is 11.8 Å². The molecule has 3 N–H and O–H groups in total. The number of aliphatic carboxylic acids is 1. The Balaban J connectivity index is 1.54. The second kappa shape index (κ2) is 10.8. The molecule has 1 unspecified atom stereocenters. The van der Waals surface area contributed by atoms with Crippen molar-refractivity contribution in [1.29, 1.82) is 0 Å². The quantitative estimate of drug-likeness (QED) is 0.502. The first-order chi connectivity index (χ1) is 15.8. The molecular weight excluding hydrogens is 420 g/mol. The van der Waals surface area contributed by atoms with Gasteiger partial charge in [-0.2, -0.15) is 0 Å². The Bertz CT molecular complexity index is 1010. The van der Waals surface area contributed by atoms with Crippen LogP contribution >= 0.6 is 0 Å². The van der Waals surface area contributed by atoms with Crippen molar-refractivity contribution in [3.05, 3.63) is 71.3 Å². The Morgan fingerprint density at radius 2 is 1.58 bits per heavy atom. The fraction of sp³-hybridized carbons (Fsp3) is 0.346. The summed E-state index contributed by atoms with van der Waals surface area (Å²) in [6.45, 7) is 5.70. The van der Waals surface area contributed by atoms with E-state index in [2.05, 4.69) is 34.9 Å². The summed E-state index contributed by atoms with van der Waals surface area (Å²) in [5, 5.41) is 14.3. The number of carboxylic acids is 1. The van der Waals surface area contributed by atoms with Crippen LogP contribution in [0.1, 0.15) is 37.8 Å². The maximum absolute atomic E-state index is 12.5. The van der Waals surface area contributed by atoms with Gasteiger partial charge in [0.25, 0.3) is 0 Å². The van der Waals surface area contributed by atoms with E-state index in [1.807, 2.05) is 38.1 Å². The Kier molecular flexibility index (Phi) is 7.87. The van der Waals surface area contributed by atoms with Crippen molar-refractivity contribution in [2.75, 3.05) is 19.7 Å². The molecule has 0 heterocycles. The molecule has 0 saturated heterocycles. The Morgan fingerprint density at radius 3 is 2.12 bits per heavy atom. The third kappa shape index (κ3) is 5.80. The van der Waals surface area contributed by atoms with Crippen LogP contribution in [0.15, 0.2) is 60.2 Å². The van der Waals surface area contributed by atoms with Crippen molar-refractivity contribution in [3.63, 3.8) is 0 Å². The van der Waals surface area contributed by atoms with Gasteiger partial charge in [-0.1, -0.05) is 68.5 Å². The van der Waals surface area contributed by atoms with Crippen LogP contribution in [0.2, 0.25) is 0 Å². The zero-order chi connectivity index (χ0) is 24.0. The van der Waals surface area contributed by atoms with Crippen LogP contribution in [0.3, 0.4) is 0 Å². The van der Waals surface area contributed by atoms with Crippen LogP contribution < -0.4 is 10.6 Å². The van der Waals surface area contributed by atoms with Crippen LogP contribution in [0.4, 0.5) is 4.79 Å². The van der Waals surface area contributed by atoms with E-state index in [9.17, 15) is 14.4 Å². The summed E-state index contributed by atoms with van der Waals surface area (Å²) >= 11 is 0. The topological polar surface area (TPSA) is 105 Å². The highest BCUT2D eigenvalue weighted by Gasteiger charge is 2.29. The summed E-state index contributed by atoms with van der Waals surface area (Å²) in [6, 6.07) is 16.2. The molecule has 2 amide bonds. The fourth-order valence-electron chi connectivity index (χ4n) is 4.00. The SMILES string of the molecule is C/C(=C\CNC(=O)C(CNC(=O)OCC1c2ccccc2-c2ccccc21)C(C)C)C(=O)O. The van der Waals surface area contributed by atoms with Gasteiger partial charge in [0, 0.05) is 24.6 Å². The molecule has 7 heteroatoms. The average Bonchev–Trinajstić information content (AvgIpc) is 3.11. The summed E-state index contributed by atoms with van der Waals surface area (Å²) in [5.74, 6) is -1.80. The lowest BCUT2D eigenvalue weighted by molar-refractivity contribution is -0.132. The highest BCUT2D eigenvalue weighted by atomic mass is 16.5.